The molecule has 0 saturated heterocycles. The number of carbonyl (C=O) groups is 2. The molecule has 2 aromatic rings. The number of nitro benzene ring substituents is 1. The number of Topliss-reactive ketones (excluding diaryl/α,β-unsaturated/α-hetero) is 1. The van der Waals surface area contributed by atoms with E-state index in [1.165, 1.54) is 12.1 Å². The number of anilines is 1. The van der Waals surface area contributed by atoms with Gasteiger partial charge in [0.2, 0.25) is 0 Å². The summed E-state index contributed by atoms with van der Waals surface area (Å²) < 4.78 is 0. The van der Waals surface area contributed by atoms with Crippen molar-refractivity contribution in [2.45, 2.75) is 13.0 Å². The number of nitrogens with zero attached hydrogens (tertiary/aromatic N) is 2. The molecule has 126 valence electrons. The van der Waals surface area contributed by atoms with E-state index in [-0.39, 0.29) is 5.69 Å². The molecule has 2 aliphatic rings. The summed E-state index contributed by atoms with van der Waals surface area (Å²) in [6.45, 7) is 1.51. The largest absolute Gasteiger partial charge is 0.318 e. The molecular weight excluding hydrogens is 322 g/mol. The van der Waals surface area contributed by atoms with Gasteiger partial charge in [-0.1, -0.05) is 0 Å². The van der Waals surface area contributed by atoms with Crippen molar-refractivity contribution in [2.24, 2.45) is 0 Å². The number of non-ortho nitro benzene ring substituents is 1. The molecule has 0 aromatic heterocycles. The summed E-state index contributed by atoms with van der Waals surface area (Å²) in [5.74, 6) is -1.14. The van der Waals surface area contributed by atoms with Gasteiger partial charge in [0.1, 0.15) is 0 Å². The fourth-order valence-electron chi connectivity index (χ4n) is 3.53. The van der Waals surface area contributed by atoms with E-state index in [0.717, 1.165) is 35.2 Å². The first kappa shape index (κ1) is 15.5. The molecule has 0 saturated carbocycles. The van der Waals surface area contributed by atoms with E-state index in [9.17, 15) is 19.7 Å². The number of amides is 1. The van der Waals surface area contributed by atoms with Crippen molar-refractivity contribution in [2.75, 3.05) is 18.9 Å². The topological polar surface area (TPSA) is 92.5 Å². The van der Waals surface area contributed by atoms with Crippen LogP contribution in [0.1, 0.15) is 21.5 Å². The zero-order valence-corrected chi connectivity index (χ0v) is 13.5. The highest BCUT2D eigenvalue weighted by Crippen LogP contribution is 2.40. The van der Waals surface area contributed by atoms with E-state index in [1.54, 1.807) is 18.2 Å². The van der Waals surface area contributed by atoms with E-state index in [0.29, 0.717) is 17.8 Å². The quantitative estimate of drug-likeness (QED) is 0.516. The average molecular weight is 337 g/mol. The highest BCUT2D eigenvalue weighted by Gasteiger charge is 2.34. The number of ketones is 1. The summed E-state index contributed by atoms with van der Waals surface area (Å²) >= 11 is 0. The van der Waals surface area contributed by atoms with Crippen LogP contribution >= 0.6 is 0 Å². The third-order valence-electron chi connectivity index (χ3n) is 4.80. The normalized spacial score (nSPS) is 16.4. The molecule has 0 aliphatic carbocycles. The molecule has 7 heteroatoms. The molecule has 25 heavy (non-hydrogen) atoms. The summed E-state index contributed by atoms with van der Waals surface area (Å²) in [7, 11) is 1.99. The lowest BCUT2D eigenvalue weighted by atomic mass is 9.87. The lowest BCUT2D eigenvalue weighted by molar-refractivity contribution is -0.384. The number of rotatable bonds is 2. The van der Waals surface area contributed by atoms with E-state index >= 15 is 0 Å². The summed E-state index contributed by atoms with van der Waals surface area (Å²) in [5.41, 5.74) is 4.73. The highest BCUT2D eigenvalue weighted by atomic mass is 16.6. The van der Waals surface area contributed by atoms with E-state index in [2.05, 4.69) is 10.2 Å². The van der Waals surface area contributed by atoms with Crippen LogP contribution in [0.5, 0.6) is 0 Å². The molecule has 2 aromatic carbocycles. The van der Waals surface area contributed by atoms with Gasteiger partial charge in [0, 0.05) is 25.2 Å². The first-order chi connectivity index (χ1) is 12.0. The SMILES string of the molecule is CN1CCc2c(-c3ccc([N+](=O)[O-])cc3)cc3c(c2C1)NC(=O)C3=O. The number of nitrogens with one attached hydrogen (secondary N) is 1. The first-order valence-electron chi connectivity index (χ1n) is 7.93. The van der Waals surface area contributed by atoms with Gasteiger partial charge in [0.05, 0.1) is 16.2 Å². The lowest BCUT2D eigenvalue weighted by Gasteiger charge is -2.28. The summed E-state index contributed by atoms with van der Waals surface area (Å²) in [4.78, 5) is 36.5. The van der Waals surface area contributed by atoms with Crippen LogP contribution in [0, 0.1) is 10.1 Å². The molecule has 0 fully saturated rings. The Balaban J connectivity index is 1.91. The predicted molar refractivity (Wildman–Crippen MR) is 91.5 cm³/mol. The van der Waals surface area contributed by atoms with Gasteiger partial charge in [-0.3, -0.25) is 19.7 Å². The second kappa shape index (κ2) is 5.49. The van der Waals surface area contributed by atoms with Gasteiger partial charge in [-0.2, -0.15) is 0 Å². The maximum absolute atomic E-state index is 12.2. The van der Waals surface area contributed by atoms with Gasteiger partial charge in [-0.25, -0.2) is 0 Å². The number of benzene rings is 2. The fourth-order valence-corrected chi connectivity index (χ4v) is 3.53. The van der Waals surface area contributed by atoms with Crippen molar-refractivity contribution >= 4 is 23.1 Å². The van der Waals surface area contributed by atoms with Crippen LogP contribution in [0.25, 0.3) is 11.1 Å². The molecule has 0 unspecified atom stereocenters. The minimum absolute atomic E-state index is 0.0198. The predicted octanol–water partition coefficient (Wildman–Crippen LogP) is 2.38. The molecule has 1 amide bonds. The Bertz CT molecular complexity index is 934. The summed E-state index contributed by atoms with van der Waals surface area (Å²) in [6.07, 6.45) is 0.787. The number of likely N-dealkylation sites (N-methyl/N-ethyl adjacent to an activating group) is 1. The molecule has 0 spiro atoms. The van der Waals surface area contributed by atoms with Crippen LogP contribution < -0.4 is 5.32 Å². The zero-order valence-electron chi connectivity index (χ0n) is 13.5. The van der Waals surface area contributed by atoms with Crippen LogP contribution in [-0.2, 0) is 17.8 Å². The molecular formula is C18H15N3O4. The molecule has 0 atom stereocenters. The maximum atomic E-state index is 12.2. The minimum Gasteiger partial charge on any atom is -0.318 e. The Morgan fingerprint density at radius 1 is 1.12 bits per heavy atom. The molecule has 1 N–H and O–H groups in total. The van der Waals surface area contributed by atoms with Gasteiger partial charge < -0.3 is 10.2 Å². The molecule has 0 bridgehead atoms. The molecule has 4 rings (SSSR count). The number of nitro groups is 1. The molecule has 2 heterocycles. The molecule has 2 aliphatic heterocycles. The highest BCUT2D eigenvalue weighted by molar-refractivity contribution is 6.52. The van der Waals surface area contributed by atoms with Gasteiger partial charge in [0.25, 0.3) is 17.4 Å². The van der Waals surface area contributed by atoms with Crippen molar-refractivity contribution < 1.29 is 14.5 Å². The Morgan fingerprint density at radius 3 is 2.52 bits per heavy atom. The van der Waals surface area contributed by atoms with Gasteiger partial charge in [0.15, 0.2) is 0 Å². The van der Waals surface area contributed by atoms with Crippen molar-refractivity contribution in [3.05, 3.63) is 57.1 Å². The Morgan fingerprint density at radius 2 is 1.84 bits per heavy atom. The maximum Gasteiger partial charge on any atom is 0.296 e. The van der Waals surface area contributed by atoms with Crippen LogP contribution in [0.2, 0.25) is 0 Å². The minimum atomic E-state index is -0.605. The summed E-state index contributed by atoms with van der Waals surface area (Å²) in [6, 6.07) is 8.02. The van der Waals surface area contributed by atoms with Crippen molar-refractivity contribution in [1.82, 2.24) is 4.90 Å². The number of hydrogen-bond donors (Lipinski definition) is 1. The Labute approximate surface area is 143 Å². The lowest BCUT2D eigenvalue weighted by Crippen LogP contribution is -2.27. The van der Waals surface area contributed by atoms with Crippen LogP contribution in [0.4, 0.5) is 11.4 Å². The third-order valence-corrected chi connectivity index (χ3v) is 4.80. The second-order valence-corrected chi connectivity index (χ2v) is 6.38. The van der Waals surface area contributed by atoms with Crippen LogP contribution in [-0.4, -0.2) is 35.1 Å². The van der Waals surface area contributed by atoms with Crippen molar-refractivity contribution in [3.63, 3.8) is 0 Å². The Kier molecular flexibility index (Phi) is 3.40. The number of hydrogen-bond acceptors (Lipinski definition) is 5. The first-order valence-corrected chi connectivity index (χ1v) is 7.93. The average Bonchev–Trinajstić information content (AvgIpc) is 2.89. The van der Waals surface area contributed by atoms with Gasteiger partial charge >= 0.3 is 0 Å². The van der Waals surface area contributed by atoms with E-state index in [4.69, 9.17) is 0 Å². The fraction of sp³-hybridized carbons (Fsp3) is 0.222. The molecule has 7 nitrogen and oxygen atoms in total. The summed E-state index contributed by atoms with van der Waals surface area (Å²) in [5, 5.41) is 13.6. The molecule has 0 radical (unpaired) electrons. The van der Waals surface area contributed by atoms with Crippen LogP contribution in [0.3, 0.4) is 0 Å². The van der Waals surface area contributed by atoms with Crippen molar-refractivity contribution in [1.29, 1.82) is 0 Å². The second-order valence-electron chi connectivity index (χ2n) is 6.38. The number of fused-ring (bicyclic) bond motifs is 3. The van der Waals surface area contributed by atoms with E-state index < -0.39 is 16.6 Å². The smallest absolute Gasteiger partial charge is 0.296 e. The zero-order chi connectivity index (χ0) is 17.7. The van der Waals surface area contributed by atoms with Crippen LogP contribution in [0.15, 0.2) is 30.3 Å². The number of carbonyl (C=O) groups excluding carboxylic acids is 2. The third kappa shape index (κ3) is 2.40. The monoisotopic (exact) mass is 337 g/mol. The standard InChI is InChI=1S/C18H15N3O4/c1-20-7-6-12-13(10-2-4-11(5-3-10)21(24)25)8-14-16(15(12)9-20)19-18(23)17(14)22/h2-5,8H,6-7,9H2,1H3,(H,19,22,23). The Hall–Kier alpha value is -3.06. The van der Waals surface area contributed by atoms with Gasteiger partial charge in [-0.15, -0.1) is 0 Å². The van der Waals surface area contributed by atoms with Crippen molar-refractivity contribution in [3.8, 4) is 11.1 Å². The van der Waals surface area contributed by atoms with Gasteiger partial charge in [-0.05, 0) is 53.9 Å². The van der Waals surface area contributed by atoms with E-state index in [1.807, 2.05) is 7.05 Å².